The molecule has 150 valence electrons. The van der Waals surface area contributed by atoms with Crippen LogP contribution in [0, 0.1) is 6.92 Å². The van der Waals surface area contributed by atoms with Crippen LogP contribution in [0.1, 0.15) is 5.69 Å². The van der Waals surface area contributed by atoms with E-state index in [0.717, 1.165) is 5.69 Å². The van der Waals surface area contributed by atoms with Crippen LogP contribution >= 0.6 is 23.2 Å². The van der Waals surface area contributed by atoms with Crippen molar-refractivity contribution in [3.63, 3.8) is 0 Å². The lowest BCUT2D eigenvalue weighted by atomic mass is 10.3. The van der Waals surface area contributed by atoms with Gasteiger partial charge in [-0.3, -0.25) is 4.79 Å². The summed E-state index contributed by atoms with van der Waals surface area (Å²) in [7, 11) is -3.81. The van der Waals surface area contributed by atoms with Crippen LogP contribution in [0.25, 0.3) is 5.69 Å². The highest BCUT2D eigenvalue weighted by atomic mass is 35.5. The van der Waals surface area contributed by atoms with Gasteiger partial charge >= 0.3 is 0 Å². The molecule has 1 aromatic heterocycles. The number of aromatic nitrogens is 2. The second-order valence-corrected chi connectivity index (χ2v) is 8.86. The largest absolute Gasteiger partial charge is 0.360 e. The summed E-state index contributed by atoms with van der Waals surface area (Å²) in [5, 5.41) is 10.6. The van der Waals surface area contributed by atoms with E-state index < -0.39 is 22.1 Å². The van der Waals surface area contributed by atoms with Crippen LogP contribution < -0.4 is 15.4 Å². The number of hydrogen-bond acceptors (Lipinski definition) is 5. The van der Waals surface area contributed by atoms with E-state index >= 15 is 0 Å². The molecule has 1 atom stereocenters. The van der Waals surface area contributed by atoms with Crippen LogP contribution in [0.2, 0.25) is 10.0 Å². The van der Waals surface area contributed by atoms with E-state index in [4.69, 9.17) is 23.2 Å². The van der Waals surface area contributed by atoms with Crippen LogP contribution in [0.15, 0.2) is 53.4 Å². The van der Waals surface area contributed by atoms with Gasteiger partial charge in [0.2, 0.25) is 10.0 Å². The zero-order valence-electron chi connectivity index (χ0n) is 15.0. The molecule has 0 saturated heterocycles. The maximum absolute atomic E-state index is 12.6. The number of sulfonamides is 1. The van der Waals surface area contributed by atoms with Crippen molar-refractivity contribution in [1.82, 2.24) is 14.5 Å². The van der Waals surface area contributed by atoms with Crippen molar-refractivity contribution in [3.05, 3.63) is 64.3 Å². The summed E-state index contributed by atoms with van der Waals surface area (Å²) >= 11 is 12.0. The van der Waals surface area contributed by atoms with Gasteiger partial charge in [0.15, 0.2) is 12.0 Å². The molecule has 1 aliphatic heterocycles. The van der Waals surface area contributed by atoms with E-state index in [1.165, 1.54) is 6.07 Å². The molecule has 0 saturated carbocycles. The van der Waals surface area contributed by atoms with E-state index in [1.54, 1.807) is 47.1 Å². The molecular formula is C18H15Cl2N5O3S. The predicted molar refractivity (Wildman–Crippen MR) is 111 cm³/mol. The number of fused-ring (bicyclic) bond motifs is 1. The molecule has 3 N–H and O–H groups in total. The van der Waals surface area contributed by atoms with Crippen LogP contribution in [-0.4, -0.2) is 30.3 Å². The van der Waals surface area contributed by atoms with Crippen LogP contribution in [0.4, 0.5) is 11.5 Å². The van der Waals surface area contributed by atoms with Crippen molar-refractivity contribution in [2.75, 3.05) is 10.6 Å². The Labute approximate surface area is 176 Å². The Bertz CT molecular complexity index is 1230. The second kappa shape index (κ2) is 7.34. The lowest BCUT2D eigenvalue weighted by Crippen LogP contribution is -2.51. The monoisotopic (exact) mass is 451 g/mol. The molecule has 2 aromatic carbocycles. The quantitative estimate of drug-likeness (QED) is 0.566. The molecule has 3 aromatic rings. The number of nitrogens with one attached hydrogen (secondary N) is 3. The van der Waals surface area contributed by atoms with Crippen molar-refractivity contribution in [2.45, 2.75) is 18.0 Å². The fourth-order valence-corrected chi connectivity index (χ4v) is 4.52. The number of anilines is 2. The first-order chi connectivity index (χ1) is 13.7. The molecule has 1 aliphatic rings. The third-order valence-electron chi connectivity index (χ3n) is 4.30. The smallest absolute Gasteiger partial charge is 0.264 e. The Morgan fingerprint density at radius 3 is 2.66 bits per heavy atom. The maximum atomic E-state index is 12.6. The summed E-state index contributed by atoms with van der Waals surface area (Å²) in [4.78, 5) is 12.7. The van der Waals surface area contributed by atoms with Gasteiger partial charge in [0, 0.05) is 11.8 Å². The summed E-state index contributed by atoms with van der Waals surface area (Å²) in [5.41, 5.74) is 1.76. The Morgan fingerprint density at radius 1 is 1.14 bits per heavy atom. The fraction of sp³-hybridized carbons (Fsp3) is 0.111. The summed E-state index contributed by atoms with van der Waals surface area (Å²) in [6.45, 7) is 1.81. The van der Waals surface area contributed by atoms with E-state index in [-0.39, 0.29) is 10.7 Å². The molecule has 0 spiro atoms. The summed E-state index contributed by atoms with van der Waals surface area (Å²) in [6.07, 6.45) is -1.18. The van der Waals surface area contributed by atoms with Crippen molar-refractivity contribution >= 4 is 50.6 Å². The Morgan fingerprint density at radius 2 is 1.90 bits per heavy atom. The standard InChI is InChI=1S/C18H15Cl2N5O3S/c1-10-8-16(23-25(10)11-6-7-12(19)13(20)9-11)22-18(26)17-21-14-4-2-3-5-15(14)29(27,28)24-17/h2-9,17,21,24H,1H3,(H,22,23,26). The molecule has 0 aliphatic carbocycles. The number of hydrogen-bond donors (Lipinski definition) is 3. The Hall–Kier alpha value is -2.59. The molecule has 1 unspecified atom stereocenters. The first-order valence-electron chi connectivity index (χ1n) is 8.45. The zero-order chi connectivity index (χ0) is 20.8. The van der Waals surface area contributed by atoms with E-state index in [1.807, 2.05) is 6.92 Å². The van der Waals surface area contributed by atoms with E-state index in [0.29, 0.717) is 21.4 Å². The maximum Gasteiger partial charge on any atom is 0.264 e. The van der Waals surface area contributed by atoms with Gasteiger partial charge in [-0.25, -0.2) is 13.1 Å². The number of halogens is 2. The van der Waals surface area contributed by atoms with Crippen LogP contribution in [0.5, 0.6) is 0 Å². The summed E-state index contributed by atoms with van der Waals surface area (Å²) in [6, 6.07) is 13.1. The Kier molecular flexibility index (Phi) is 4.99. The van der Waals surface area contributed by atoms with Crippen molar-refractivity contribution in [1.29, 1.82) is 0 Å². The highest BCUT2D eigenvalue weighted by Gasteiger charge is 2.33. The molecule has 11 heteroatoms. The van der Waals surface area contributed by atoms with E-state index in [2.05, 4.69) is 20.5 Å². The van der Waals surface area contributed by atoms with Crippen molar-refractivity contribution in [3.8, 4) is 5.69 Å². The van der Waals surface area contributed by atoms with Gasteiger partial charge in [0.25, 0.3) is 5.91 Å². The van der Waals surface area contributed by atoms with Gasteiger partial charge in [-0.1, -0.05) is 35.3 Å². The van der Waals surface area contributed by atoms with Crippen LogP contribution in [0.3, 0.4) is 0 Å². The van der Waals surface area contributed by atoms with E-state index in [9.17, 15) is 13.2 Å². The lowest BCUT2D eigenvalue weighted by molar-refractivity contribution is -0.117. The molecule has 4 rings (SSSR count). The average molecular weight is 452 g/mol. The molecule has 2 heterocycles. The van der Waals surface area contributed by atoms with Gasteiger partial charge < -0.3 is 10.6 Å². The number of benzene rings is 2. The number of carbonyl (C=O) groups excluding carboxylic acids is 1. The SMILES string of the molecule is Cc1cc(NC(=O)C2Nc3ccccc3S(=O)(=O)N2)nn1-c1ccc(Cl)c(Cl)c1. The molecule has 8 nitrogen and oxygen atoms in total. The fourth-order valence-electron chi connectivity index (χ4n) is 2.95. The van der Waals surface area contributed by atoms with Gasteiger partial charge in [-0.05, 0) is 37.3 Å². The highest BCUT2D eigenvalue weighted by molar-refractivity contribution is 7.89. The second-order valence-electron chi connectivity index (χ2n) is 6.37. The molecule has 0 radical (unpaired) electrons. The molecule has 0 bridgehead atoms. The molecule has 0 fully saturated rings. The normalized spacial score (nSPS) is 17.3. The summed E-state index contributed by atoms with van der Waals surface area (Å²) in [5.74, 6) is -0.333. The Balaban J connectivity index is 1.56. The number of carbonyl (C=O) groups is 1. The third-order valence-corrected chi connectivity index (χ3v) is 6.52. The number of aryl methyl sites for hydroxylation is 1. The minimum absolute atomic E-state index is 0.0868. The minimum Gasteiger partial charge on any atom is -0.360 e. The topological polar surface area (TPSA) is 105 Å². The molecule has 1 amide bonds. The van der Waals surface area contributed by atoms with Crippen molar-refractivity contribution < 1.29 is 13.2 Å². The lowest BCUT2D eigenvalue weighted by Gasteiger charge is -2.26. The minimum atomic E-state index is -3.81. The van der Waals surface area contributed by atoms with Gasteiger partial charge in [0.1, 0.15) is 4.90 Å². The van der Waals surface area contributed by atoms with Gasteiger partial charge in [0.05, 0.1) is 21.4 Å². The average Bonchev–Trinajstić information content (AvgIpc) is 3.03. The zero-order valence-corrected chi connectivity index (χ0v) is 17.3. The first-order valence-corrected chi connectivity index (χ1v) is 10.7. The molecule has 29 heavy (non-hydrogen) atoms. The van der Waals surface area contributed by atoms with Gasteiger partial charge in [-0.15, -0.1) is 5.10 Å². The predicted octanol–water partition coefficient (Wildman–Crippen LogP) is 3.16. The number of amides is 1. The number of para-hydroxylation sites is 1. The highest BCUT2D eigenvalue weighted by Crippen LogP contribution is 2.27. The number of nitrogens with zero attached hydrogens (tertiary/aromatic N) is 2. The summed E-state index contributed by atoms with van der Waals surface area (Å²) < 4.78 is 28.6. The van der Waals surface area contributed by atoms with Gasteiger partial charge in [-0.2, -0.15) is 4.72 Å². The van der Waals surface area contributed by atoms with Crippen LogP contribution in [-0.2, 0) is 14.8 Å². The third kappa shape index (κ3) is 3.82. The number of rotatable bonds is 3. The molecular weight excluding hydrogens is 437 g/mol. The van der Waals surface area contributed by atoms with Crippen molar-refractivity contribution in [2.24, 2.45) is 0 Å². The first kappa shape index (κ1) is 19.7.